The standard InChI is InChI=1S/C22H25N3O3/c1-4-28-19-8-6-17(13-20(19)27-3)7-10-22(26)23-12-11-18-15-25-14-16(2)5-9-21(25)24-18/h5-10,13-15H,4,11-12H2,1-3H3,(H,23,26)/b10-7+. The van der Waals surface area contributed by atoms with Crippen molar-refractivity contribution in [1.29, 1.82) is 0 Å². The molecule has 1 amide bonds. The molecule has 0 bridgehead atoms. The van der Waals surface area contributed by atoms with Gasteiger partial charge in [0.05, 0.1) is 19.4 Å². The second kappa shape index (κ2) is 9.08. The van der Waals surface area contributed by atoms with E-state index in [2.05, 4.69) is 10.3 Å². The number of aryl methyl sites for hydroxylation is 1. The third kappa shape index (κ3) is 4.91. The molecule has 0 radical (unpaired) electrons. The van der Waals surface area contributed by atoms with Crippen LogP contribution in [-0.4, -0.2) is 35.6 Å². The molecular weight excluding hydrogens is 354 g/mol. The molecule has 146 valence electrons. The molecule has 0 spiro atoms. The number of amides is 1. The molecule has 3 aromatic rings. The fraction of sp³-hybridized carbons (Fsp3) is 0.273. The lowest BCUT2D eigenvalue weighted by atomic mass is 10.2. The maximum atomic E-state index is 12.1. The average Bonchev–Trinajstić information content (AvgIpc) is 3.09. The minimum atomic E-state index is -0.146. The minimum Gasteiger partial charge on any atom is -0.493 e. The summed E-state index contributed by atoms with van der Waals surface area (Å²) in [5.41, 5.74) is 3.91. The topological polar surface area (TPSA) is 64.9 Å². The van der Waals surface area contributed by atoms with E-state index in [1.165, 1.54) is 11.6 Å². The first-order valence-electron chi connectivity index (χ1n) is 9.30. The lowest BCUT2D eigenvalue weighted by molar-refractivity contribution is -0.116. The molecule has 6 heteroatoms. The lowest BCUT2D eigenvalue weighted by Crippen LogP contribution is -2.23. The van der Waals surface area contributed by atoms with Gasteiger partial charge in [-0.25, -0.2) is 4.98 Å². The zero-order chi connectivity index (χ0) is 19.9. The van der Waals surface area contributed by atoms with Gasteiger partial charge >= 0.3 is 0 Å². The van der Waals surface area contributed by atoms with Gasteiger partial charge in [-0.3, -0.25) is 4.79 Å². The number of benzene rings is 1. The first kappa shape index (κ1) is 19.5. The average molecular weight is 379 g/mol. The molecule has 0 fully saturated rings. The molecule has 0 atom stereocenters. The van der Waals surface area contributed by atoms with Gasteiger partial charge in [0, 0.05) is 31.4 Å². The number of rotatable bonds is 8. The van der Waals surface area contributed by atoms with E-state index in [-0.39, 0.29) is 5.91 Å². The number of fused-ring (bicyclic) bond motifs is 1. The second-order valence-corrected chi connectivity index (χ2v) is 6.42. The Labute approximate surface area is 164 Å². The van der Waals surface area contributed by atoms with Crippen LogP contribution in [0, 0.1) is 6.92 Å². The Bertz CT molecular complexity index is 992. The number of nitrogens with zero attached hydrogens (tertiary/aromatic N) is 2. The molecule has 2 heterocycles. The number of carbonyl (C=O) groups is 1. The molecule has 1 aromatic carbocycles. The van der Waals surface area contributed by atoms with Gasteiger partial charge < -0.3 is 19.2 Å². The van der Waals surface area contributed by atoms with Gasteiger partial charge in [0.1, 0.15) is 5.65 Å². The van der Waals surface area contributed by atoms with Crippen LogP contribution in [0.3, 0.4) is 0 Å². The van der Waals surface area contributed by atoms with E-state index < -0.39 is 0 Å². The molecular formula is C22H25N3O3. The van der Waals surface area contributed by atoms with Crippen molar-refractivity contribution in [3.8, 4) is 11.5 Å². The Hall–Kier alpha value is -3.28. The van der Waals surface area contributed by atoms with Crippen LogP contribution in [0.4, 0.5) is 0 Å². The van der Waals surface area contributed by atoms with Crippen LogP contribution in [0.15, 0.2) is 48.8 Å². The summed E-state index contributed by atoms with van der Waals surface area (Å²) in [6, 6.07) is 9.59. The van der Waals surface area contributed by atoms with Gasteiger partial charge in [-0.1, -0.05) is 12.1 Å². The molecule has 0 aliphatic rings. The molecule has 0 saturated carbocycles. The Kier molecular flexibility index (Phi) is 6.32. The van der Waals surface area contributed by atoms with Crippen LogP contribution in [0.5, 0.6) is 11.5 Å². The molecule has 28 heavy (non-hydrogen) atoms. The molecule has 6 nitrogen and oxygen atoms in total. The highest BCUT2D eigenvalue weighted by Crippen LogP contribution is 2.28. The van der Waals surface area contributed by atoms with E-state index in [0.717, 1.165) is 16.9 Å². The third-order valence-corrected chi connectivity index (χ3v) is 4.24. The first-order valence-corrected chi connectivity index (χ1v) is 9.30. The van der Waals surface area contributed by atoms with Crippen molar-refractivity contribution in [2.75, 3.05) is 20.3 Å². The Morgan fingerprint density at radius 1 is 1.21 bits per heavy atom. The maximum Gasteiger partial charge on any atom is 0.244 e. The summed E-state index contributed by atoms with van der Waals surface area (Å²) < 4.78 is 12.8. The Balaban J connectivity index is 1.53. The summed E-state index contributed by atoms with van der Waals surface area (Å²) >= 11 is 0. The van der Waals surface area contributed by atoms with Crippen LogP contribution >= 0.6 is 0 Å². The molecule has 2 aromatic heterocycles. The van der Waals surface area contributed by atoms with E-state index in [1.54, 1.807) is 13.2 Å². The third-order valence-electron chi connectivity index (χ3n) is 4.24. The van der Waals surface area contributed by atoms with Crippen LogP contribution in [0.25, 0.3) is 11.7 Å². The fourth-order valence-electron chi connectivity index (χ4n) is 2.88. The van der Waals surface area contributed by atoms with Crippen LogP contribution in [-0.2, 0) is 11.2 Å². The lowest BCUT2D eigenvalue weighted by Gasteiger charge is -2.09. The highest BCUT2D eigenvalue weighted by Gasteiger charge is 2.05. The predicted molar refractivity (Wildman–Crippen MR) is 110 cm³/mol. The van der Waals surface area contributed by atoms with Gasteiger partial charge in [0.15, 0.2) is 11.5 Å². The summed E-state index contributed by atoms with van der Waals surface area (Å²) in [5, 5.41) is 2.89. The maximum absolute atomic E-state index is 12.1. The molecule has 3 rings (SSSR count). The van der Waals surface area contributed by atoms with Gasteiger partial charge in [0.25, 0.3) is 0 Å². The highest BCUT2D eigenvalue weighted by molar-refractivity contribution is 5.91. The summed E-state index contributed by atoms with van der Waals surface area (Å²) in [7, 11) is 1.60. The monoisotopic (exact) mass is 379 g/mol. The molecule has 0 saturated heterocycles. The number of nitrogens with one attached hydrogen (secondary N) is 1. The van der Waals surface area contributed by atoms with E-state index >= 15 is 0 Å². The van der Waals surface area contributed by atoms with Gasteiger partial charge in [-0.05, 0) is 49.2 Å². The normalized spacial score (nSPS) is 11.1. The number of imidazole rings is 1. The molecule has 0 aliphatic carbocycles. The van der Waals surface area contributed by atoms with E-state index in [0.29, 0.717) is 31.1 Å². The number of carbonyl (C=O) groups excluding carboxylic acids is 1. The summed E-state index contributed by atoms with van der Waals surface area (Å²) in [6.07, 6.45) is 7.98. The highest BCUT2D eigenvalue weighted by atomic mass is 16.5. The molecule has 1 N–H and O–H groups in total. The van der Waals surface area contributed by atoms with E-state index in [9.17, 15) is 4.79 Å². The predicted octanol–water partition coefficient (Wildman–Crippen LogP) is 3.42. The van der Waals surface area contributed by atoms with Crippen molar-refractivity contribution in [1.82, 2.24) is 14.7 Å². The minimum absolute atomic E-state index is 0.146. The molecule has 0 aliphatic heterocycles. The number of aromatic nitrogens is 2. The number of pyridine rings is 1. The largest absolute Gasteiger partial charge is 0.493 e. The zero-order valence-electron chi connectivity index (χ0n) is 16.4. The van der Waals surface area contributed by atoms with Crippen molar-refractivity contribution < 1.29 is 14.3 Å². The van der Waals surface area contributed by atoms with Gasteiger partial charge in [0.2, 0.25) is 5.91 Å². The first-order chi connectivity index (χ1) is 13.6. The summed E-state index contributed by atoms with van der Waals surface area (Å²) in [6.45, 7) is 5.06. The number of hydrogen-bond acceptors (Lipinski definition) is 4. The number of hydrogen-bond donors (Lipinski definition) is 1. The number of methoxy groups -OCH3 is 1. The van der Waals surface area contributed by atoms with Gasteiger partial charge in [-0.2, -0.15) is 0 Å². The smallest absolute Gasteiger partial charge is 0.244 e. The van der Waals surface area contributed by atoms with Crippen molar-refractivity contribution in [3.63, 3.8) is 0 Å². The summed E-state index contributed by atoms with van der Waals surface area (Å²) in [5.74, 6) is 1.19. The Morgan fingerprint density at radius 3 is 2.86 bits per heavy atom. The van der Waals surface area contributed by atoms with Crippen LogP contribution < -0.4 is 14.8 Å². The van der Waals surface area contributed by atoms with Crippen molar-refractivity contribution in [3.05, 3.63) is 65.6 Å². The van der Waals surface area contributed by atoms with Crippen LogP contribution in [0.2, 0.25) is 0 Å². The number of ether oxygens (including phenoxy) is 2. The second-order valence-electron chi connectivity index (χ2n) is 6.42. The fourth-order valence-corrected chi connectivity index (χ4v) is 2.88. The van der Waals surface area contributed by atoms with E-state index in [1.807, 2.05) is 61.0 Å². The quantitative estimate of drug-likeness (QED) is 0.609. The zero-order valence-corrected chi connectivity index (χ0v) is 16.4. The van der Waals surface area contributed by atoms with Crippen molar-refractivity contribution in [2.45, 2.75) is 20.3 Å². The Morgan fingerprint density at radius 2 is 2.07 bits per heavy atom. The van der Waals surface area contributed by atoms with Crippen LogP contribution in [0.1, 0.15) is 23.7 Å². The van der Waals surface area contributed by atoms with Gasteiger partial charge in [-0.15, -0.1) is 0 Å². The SMILES string of the molecule is CCOc1ccc(/C=C/C(=O)NCCc2cn3cc(C)ccc3n2)cc1OC. The van der Waals surface area contributed by atoms with E-state index in [4.69, 9.17) is 9.47 Å². The molecule has 0 unspecified atom stereocenters. The van der Waals surface area contributed by atoms with Crippen molar-refractivity contribution in [2.24, 2.45) is 0 Å². The van der Waals surface area contributed by atoms with Crippen molar-refractivity contribution >= 4 is 17.6 Å². The summed E-state index contributed by atoms with van der Waals surface area (Å²) in [4.78, 5) is 16.6.